The van der Waals surface area contributed by atoms with Crippen molar-refractivity contribution in [1.29, 1.82) is 0 Å². The molecule has 19 heavy (non-hydrogen) atoms. The Bertz CT molecular complexity index is 538. The zero-order valence-corrected chi connectivity index (χ0v) is 13.1. The average Bonchev–Trinajstić information content (AvgIpc) is 2.37. The number of thiocarbonyl (C=S) groups is 1. The monoisotopic (exact) mass is 300 g/mol. The van der Waals surface area contributed by atoms with Crippen molar-refractivity contribution in [3.63, 3.8) is 0 Å². The fourth-order valence-electron chi connectivity index (χ4n) is 1.61. The maximum absolute atomic E-state index is 12.2. The minimum absolute atomic E-state index is 0.000827. The van der Waals surface area contributed by atoms with Crippen LogP contribution >= 0.6 is 12.2 Å². The summed E-state index contributed by atoms with van der Waals surface area (Å²) in [5, 5.41) is 0. The summed E-state index contributed by atoms with van der Waals surface area (Å²) in [6.45, 7) is 3.86. The van der Waals surface area contributed by atoms with Crippen LogP contribution in [0.15, 0.2) is 24.3 Å². The van der Waals surface area contributed by atoms with Crippen LogP contribution in [-0.4, -0.2) is 30.8 Å². The molecule has 0 saturated heterocycles. The Hall–Kier alpha value is -0.980. The third kappa shape index (κ3) is 4.26. The minimum Gasteiger partial charge on any atom is -0.389 e. The lowest BCUT2D eigenvalue weighted by Crippen LogP contribution is -2.35. The van der Waals surface area contributed by atoms with Crippen molar-refractivity contribution in [2.45, 2.75) is 32.1 Å². The van der Waals surface area contributed by atoms with Crippen LogP contribution in [0, 0.1) is 0 Å². The molecule has 0 aromatic heterocycles. The van der Waals surface area contributed by atoms with Crippen LogP contribution in [0.25, 0.3) is 0 Å². The number of sulfonamides is 1. The third-order valence-electron chi connectivity index (χ3n) is 3.24. The molecular formula is C13H20N2O2S2. The van der Waals surface area contributed by atoms with E-state index in [1.54, 1.807) is 31.3 Å². The Labute approximate surface area is 120 Å². The van der Waals surface area contributed by atoms with Gasteiger partial charge >= 0.3 is 0 Å². The third-order valence-corrected chi connectivity index (χ3v) is 5.41. The second-order valence-electron chi connectivity index (χ2n) is 4.59. The molecule has 1 rings (SSSR count). The standard InChI is InChI=1S/C13H20N2O2S2/c1-4-10(2)15(3)19(16,17)9-11-5-7-12(8-6-11)13(14)18/h5-8,10H,4,9H2,1-3H3,(H2,14,18). The Morgan fingerprint density at radius 3 is 2.32 bits per heavy atom. The normalized spacial score (nSPS) is 13.5. The molecule has 0 heterocycles. The van der Waals surface area contributed by atoms with Crippen molar-refractivity contribution in [3.8, 4) is 0 Å². The first-order valence-electron chi connectivity index (χ1n) is 6.12. The largest absolute Gasteiger partial charge is 0.389 e. The summed E-state index contributed by atoms with van der Waals surface area (Å²) >= 11 is 4.86. The SMILES string of the molecule is CCC(C)N(C)S(=O)(=O)Cc1ccc(C(N)=S)cc1. The highest BCUT2D eigenvalue weighted by Gasteiger charge is 2.22. The molecule has 106 valence electrons. The van der Waals surface area contributed by atoms with E-state index in [0.717, 1.165) is 17.5 Å². The van der Waals surface area contributed by atoms with Gasteiger partial charge in [-0.25, -0.2) is 12.7 Å². The van der Waals surface area contributed by atoms with Crippen molar-refractivity contribution in [2.24, 2.45) is 5.73 Å². The summed E-state index contributed by atoms with van der Waals surface area (Å²) < 4.78 is 25.8. The van der Waals surface area contributed by atoms with Crippen LogP contribution in [0.5, 0.6) is 0 Å². The fraction of sp³-hybridized carbons (Fsp3) is 0.462. The molecule has 0 aliphatic rings. The van der Waals surface area contributed by atoms with Gasteiger partial charge in [-0.2, -0.15) is 0 Å². The summed E-state index contributed by atoms with van der Waals surface area (Å²) in [5.74, 6) is -0.00848. The first-order valence-corrected chi connectivity index (χ1v) is 8.14. The quantitative estimate of drug-likeness (QED) is 0.815. The molecule has 4 nitrogen and oxygen atoms in total. The number of hydrogen-bond donors (Lipinski definition) is 1. The van der Waals surface area contributed by atoms with Crippen molar-refractivity contribution in [3.05, 3.63) is 35.4 Å². The maximum atomic E-state index is 12.2. The number of benzene rings is 1. The molecule has 0 amide bonds. The zero-order chi connectivity index (χ0) is 14.6. The molecule has 1 atom stereocenters. The number of nitrogens with zero attached hydrogens (tertiary/aromatic N) is 1. The fourth-order valence-corrected chi connectivity index (χ4v) is 3.26. The van der Waals surface area contributed by atoms with Crippen molar-refractivity contribution >= 4 is 27.2 Å². The predicted octanol–water partition coefficient (Wildman–Crippen LogP) is 1.88. The van der Waals surface area contributed by atoms with Gasteiger partial charge in [0.05, 0.1) is 5.75 Å². The molecule has 6 heteroatoms. The van der Waals surface area contributed by atoms with Gasteiger partial charge in [0.2, 0.25) is 10.0 Å². The van der Waals surface area contributed by atoms with E-state index in [4.69, 9.17) is 18.0 Å². The predicted molar refractivity (Wildman–Crippen MR) is 82.5 cm³/mol. The zero-order valence-electron chi connectivity index (χ0n) is 11.5. The average molecular weight is 300 g/mol. The van der Waals surface area contributed by atoms with E-state index in [1.807, 2.05) is 13.8 Å². The molecule has 0 spiro atoms. The Kier molecular flexibility index (Phi) is 5.46. The van der Waals surface area contributed by atoms with Gasteiger partial charge in [-0.05, 0) is 18.9 Å². The number of hydrogen-bond acceptors (Lipinski definition) is 3. The van der Waals surface area contributed by atoms with Gasteiger partial charge in [0.1, 0.15) is 4.99 Å². The van der Waals surface area contributed by atoms with E-state index < -0.39 is 10.0 Å². The maximum Gasteiger partial charge on any atom is 0.218 e. The van der Waals surface area contributed by atoms with Gasteiger partial charge in [0, 0.05) is 18.7 Å². The molecule has 0 saturated carbocycles. The van der Waals surface area contributed by atoms with E-state index in [0.29, 0.717) is 4.99 Å². The van der Waals surface area contributed by atoms with Crippen LogP contribution < -0.4 is 5.73 Å². The minimum atomic E-state index is -3.29. The molecule has 2 N–H and O–H groups in total. The van der Waals surface area contributed by atoms with E-state index in [-0.39, 0.29) is 11.8 Å². The second-order valence-corrected chi connectivity index (χ2v) is 7.06. The molecule has 0 radical (unpaired) electrons. The van der Waals surface area contributed by atoms with Crippen LogP contribution in [0.1, 0.15) is 31.4 Å². The summed E-state index contributed by atoms with van der Waals surface area (Å²) in [6, 6.07) is 6.99. The molecular weight excluding hydrogens is 280 g/mol. The van der Waals surface area contributed by atoms with E-state index in [9.17, 15) is 8.42 Å². The van der Waals surface area contributed by atoms with Crippen LogP contribution in [0.3, 0.4) is 0 Å². The highest BCUT2D eigenvalue weighted by Crippen LogP contribution is 2.14. The topological polar surface area (TPSA) is 63.4 Å². The molecule has 0 bridgehead atoms. The lowest BCUT2D eigenvalue weighted by molar-refractivity contribution is 0.380. The van der Waals surface area contributed by atoms with Gasteiger partial charge in [-0.15, -0.1) is 0 Å². The lowest BCUT2D eigenvalue weighted by Gasteiger charge is -2.23. The van der Waals surface area contributed by atoms with E-state index in [1.165, 1.54) is 4.31 Å². The molecule has 0 aliphatic carbocycles. The molecule has 1 unspecified atom stereocenters. The Morgan fingerprint density at radius 2 is 1.89 bits per heavy atom. The van der Waals surface area contributed by atoms with Crippen LogP contribution in [0.2, 0.25) is 0 Å². The summed E-state index contributed by atoms with van der Waals surface area (Å²) in [5.41, 5.74) is 6.98. The summed E-state index contributed by atoms with van der Waals surface area (Å²) in [7, 11) is -1.67. The number of nitrogens with two attached hydrogens (primary N) is 1. The van der Waals surface area contributed by atoms with E-state index in [2.05, 4.69) is 0 Å². The Morgan fingerprint density at radius 1 is 1.37 bits per heavy atom. The van der Waals surface area contributed by atoms with Gasteiger partial charge in [-0.1, -0.05) is 43.4 Å². The van der Waals surface area contributed by atoms with Crippen molar-refractivity contribution in [2.75, 3.05) is 7.05 Å². The number of rotatable bonds is 6. The molecule has 0 aliphatic heterocycles. The highest BCUT2D eigenvalue weighted by atomic mass is 32.2. The van der Waals surface area contributed by atoms with Gasteiger partial charge in [-0.3, -0.25) is 0 Å². The van der Waals surface area contributed by atoms with Crippen molar-refractivity contribution < 1.29 is 8.42 Å². The second kappa shape index (κ2) is 6.45. The summed E-state index contributed by atoms with van der Waals surface area (Å²) in [4.78, 5) is 0.311. The molecule has 1 aromatic rings. The Balaban J connectivity index is 2.86. The first-order chi connectivity index (χ1) is 8.77. The van der Waals surface area contributed by atoms with Crippen LogP contribution in [-0.2, 0) is 15.8 Å². The first kappa shape index (κ1) is 16.1. The van der Waals surface area contributed by atoms with Crippen LogP contribution in [0.4, 0.5) is 0 Å². The lowest BCUT2D eigenvalue weighted by atomic mass is 10.1. The van der Waals surface area contributed by atoms with Crippen molar-refractivity contribution in [1.82, 2.24) is 4.31 Å². The molecule has 1 aromatic carbocycles. The van der Waals surface area contributed by atoms with Gasteiger partial charge in [0.25, 0.3) is 0 Å². The summed E-state index contributed by atoms with van der Waals surface area (Å²) in [6.07, 6.45) is 0.788. The smallest absolute Gasteiger partial charge is 0.218 e. The van der Waals surface area contributed by atoms with Gasteiger partial charge < -0.3 is 5.73 Å². The van der Waals surface area contributed by atoms with Gasteiger partial charge in [0.15, 0.2) is 0 Å². The van der Waals surface area contributed by atoms with E-state index >= 15 is 0 Å². The molecule has 0 fully saturated rings. The highest BCUT2D eigenvalue weighted by molar-refractivity contribution is 7.88.